The monoisotopic (exact) mass is 373 g/mol. The van der Waals surface area contributed by atoms with Crippen LogP contribution in [-0.2, 0) is 4.79 Å². The molecule has 3 rings (SSSR count). The van der Waals surface area contributed by atoms with Gasteiger partial charge in [0.25, 0.3) is 5.91 Å². The van der Waals surface area contributed by atoms with Crippen molar-refractivity contribution in [2.75, 3.05) is 6.54 Å². The second-order valence-corrected chi connectivity index (χ2v) is 7.55. The molecule has 0 saturated heterocycles. The van der Waals surface area contributed by atoms with E-state index in [9.17, 15) is 4.79 Å². The largest absolute Gasteiger partial charge is 0.467 e. The van der Waals surface area contributed by atoms with Gasteiger partial charge in [0, 0.05) is 17.0 Å². The highest BCUT2D eigenvalue weighted by Crippen LogP contribution is 2.33. The standard InChI is InChI=1S/C20H24ClN3O2/c1-4-20(2,3)22-13-19(25)24-17(18-6-5-11-26-18)12-16(23-24)14-7-9-15(21)10-8-14/h5-11,17,22H,4,12-13H2,1-3H3/t17-/m0/s1. The predicted molar refractivity (Wildman–Crippen MR) is 103 cm³/mol. The minimum absolute atomic E-state index is 0.0723. The van der Waals surface area contributed by atoms with Gasteiger partial charge in [-0.2, -0.15) is 5.10 Å². The van der Waals surface area contributed by atoms with Gasteiger partial charge in [-0.25, -0.2) is 5.01 Å². The average molecular weight is 374 g/mol. The summed E-state index contributed by atoms with van der Waals surface area (Å²) in [5.74, 6) is 0.665. The summed E-state index contributed by atoms with van der Waals surface area (Å²) in [5.41, 5.74) is 1.72. The van der Waals surface area contributed by atoms with Gasteiger partial charge in [-0.1, -0.05) is 30.7 Å². The zero-order valence-corrected chi connectivity index (χ0v) is 16.1. The smallest absolute Gasteiger partial charge is 0.257 e. The molecule has 0 radical (unpaired) electrons. The van der Waals surface area contributed by atoms with E-state index in [4.69, 9.17) is 16.0 Å². The summed E-state index contributed by atoms with van der Waals surface area (Å²) in [6.07, 6.45) is 3.16. The normalized spacial score (nSPS) is 17.5. The fraction of sp³-hybridized carbons (Fsp3) is 0.400. The molecular weight excluding hydrogens is 350 g/mol. The van der Waals surface area contributed by atoms with Crippen molar-refractivity contribution in [3.05, 3.63) is 59.0 Å². The Kier molecular flexibility index (Phi) is 5.49. The van der Waals surface area contributed by atoms with E-state index in [-0.39, 0.29) is 24.0 Å². The minimum atomic E-state index is -0.227. The molecule has 0 saturated carbocycles. The van der Waals surface area contributed by atoms with Gasteiger partial charge in [0.1, 0.15) is 11.8 Å². The van der Waals surface area contributed by atoms with Crippen LogP contribution in [0.25, 0.3) is 0 Å². The molecule has 2 aromatic rings. The van der Waals surface area contributed by atoms with E-state index in [1.807, 2.05) is 36.4 Å². The minimum Gasteiger partial charge on any atom is -0.467 e. The second kappa shape index (κ2) is 7.64. The lowest BCUT2D eigenvalue weighted by Gasteiger charge is -2.26. The van der Waals surface area contributed by atoms with Crippen LogP contribution in [0.15, 0.2) is 52.2 Å². The number of hydrazone groups is 1. The topological polar surface area (TPSA) is 57.8 Å². The molecular formula is C20H24ClN3O2. The SMILES string of the molecule is CCC(C)(C)NCC(=O)N1N=C(c2ccc(Cl)cc2)C[C@H]1c1ccco1. The van der Waals surface area contributed by atoms with Gasteiger partial charge in [-0.05, 0) is 50.1 Å². The van der Waals surface area contributed by atoms with Crippen molar-refractivity contribution in [1.29, 1.82) is 0 Å². The lowest BCUT2D eigenvalue weighted by atomic mass is 10.0. The zero-order chi connectivity index (χ0) is 18.7. The molecule has 1 N–H and O–H groups in total. The fourth-order valence-corrected chi connectivity index (χ4v) is 2.91. The van der Waals surface area contributed by atoms with Crippen molar-refractivity contribution >= 4 is 23.2 Å². The molecule has 1 amide bonds. The maximum atomic E-state index is 12.8. The molecule has 1 atom stereocenters. The number of amides is 1. The zero-order valence-electron chi connectivity index (χ0n) is 15.3. The van der Waals surface area contributed by atoms with Gasteiger partial charge >= 0.3 is 0 Å². The molecule has 0 aliphatic carbocycles. The third-order valence-corrected chi connectivity index (χ3v) is 5.07. The van der Waals surface area contributed by atoms with E-state index in [1.54, 1.807) is 11.3 Å². The van der Waals surface area contributed by atoms with E-state index in [1.165, 1.54) is 0 Å². The summed E-state index contributed by atoms with van der Waals surface area (Å²) in [4.78, 5) is 12.8. The fourth-order valence-electron chi connectivity index (χ4n) is 2.78. The second-order valence-electron chi connectivity index (χ2n) is 7.12. The first-order valence-corrected chi connectivity index (χ1v) is 9.21. The van der Waals surface area contributed by atoms with E-state index in [2.05, 4.69) is 31.2 Å². The van der Waals surface area contributed by atoms with Gasteiger partial charge < -0.3 is 9.73 Å². The molecule has 1 aliphatic heterocycles. The van der Waals surface area contributed by atoms with Crippen LogP contribution in [0.4, 0.5) is 0 Å². The number of rotatable bonds is 6. The Morgan fingerprint density at radius 2 is 2.08 bits per heavy atom. The first-order valence-electron chi connectivity index (χ1n) is 8.83. The summed E-state index contributed by atoms with van der Waals surface area (Å²) in [6.45, 7) is 6.48. The molecule has 0 bridgehead atoms. The molecule has 6 heteroatoms. The maximum absolute atomic E-state index is 12.8. The van der Waals surface area contributed by atoms with E-state index in [0.717, 1.165) is 23.5 Å². The molecule has 0 unspecified atom stereocenters. The van der Waals surface area contributed by atoms with E-state index >= 15 is 0 Å². The third kappa shape index (κ3) is 4.17. The van der Waals surface area contributed by atoms with Gasteiger partial charge in [-0.15, -0.1) is 0 Å². The van der Waals surface area contributed by atoms with Crippen molar-refractivity contribution in [3.8, 4) is 0 Å². The molecule has 0 spiro atoms. The van der Waals surface area contributed by atoms with Gasteiger partial charge in [-0.3, -0.25) is 4.79 Å². The van der Waals surface area contributed by atoms with Crippen LogP contribution in [0.5, 0.6) is 0 Å². The summed E-state index contributed by atoms with van der Waals surface area (Å²) >= 11 is 5.98. The first-order chi connectivity index (χ1) is 12.4. The van der Waals surface area contributed by atoms with E-state index in [0.29, 0.717) is 11.4 Å². The summed E-state index contributed by atoms with van der Waals surface area (Å²) in [7, 11) is 0. The number of nitrogens with one attached hydrogen (secondary N) is 1. The summed E-state index contributed by atoms with van der Waals surface area (Å²) in [6, 6.07) is 11.0. The summed E-state index contributed by atoms with van der Waals surface area (Å²) in [5, 5.41) is 10.1. The lowest BCUT2D eigenvalue weighted by Crippen LogP contribution is -2.45. The van der Waals surface area contributed by atoms with Crippen molar-refractivity contribution in [3.63, 3.8) is 0 Å². The highest BCUT2D eigenvalue weighted by molar-refractivity contribution is 6.30. The number of benzene rings is 1. The number of furan rings is 1. The van der Waals surface area contributed by atoms with Crippen molar-refractivity contribution in [2.45, 2.75) is 45.2 Å². The quantitative estimate of drug-likeness (QED) is 0.816. The van der Waals surface area contributed by atoms with Crippen LogP contribution >= 0.6 is 11.6 Å². The van der Waals surface area contributed by atoms with Crippen molar-refractivity contribution < 1.29 is 9.21 Å². The number of carbonyl (C=O) groups excluding carboxylic acids is 1. The molecule has 0 fully saturated rings. The molecule has 5 nitrogen and oxygen atoms in total. The molecule has 1 aromatic carbocycles. The van der Waals surface area contributed by atoms with Gasteiger partial charge in [0.2, 0.25) is 0 Å². The number of nitrogens with zero attached hydrogens (tertiary/aromatic N) is 2. The lowest BCUT2D eigenvalue weighted by molar-refractivity contribution is -0.132. The van der Waals surface area contributed by atoms with Crippen LogP contribution < -0.4 is 5.32 Å². The Morgan fingerprint density at radius 1 is 1.35 bits per heavy atom. The van der Waals surface area contributed by atoms with Gasteiger partial charge in [0.15, 0.2) is 0 Å². The number of carbonyl (C=O) groups is 1. The van der Waals surface area contributed by atoms with E-state index < -0.39 is 0 Å². The van der Waals surface area contributed by atoms with Crippen LogP contribution in [0.3, 0.4) is 0 Å². The number of hydrogen-bond acceptors (Lipinski definition) is 4. The molecule has 138 valence electrons. The first kappa shape index (κ1) is 18.7. The predicted octanol–water partition coefficient (Wildman–Crippen LogP) is 4.39. The van der Waals surface area contributed by atoms with Crippen LogP contribution in [-0.4, -0.2) is 28.7 Å². The Bertz CT molecular complexity index is 782. The van der Waals surface area contributed by atoms with Crippen molar-refractivity contribution in [1.82, 2.24) is 10.3 Å². The van der Waals surface area contributed by atoms with Crippen LogP contribution in [0.2, 0.25) is 5.02 Å². The maximum Gasteiger partial charge on any atom is 0.257 e. The van der Waals surface area contributed by atoms with Crippen LogP contribution in [0, 0.1) is 0 Å². The Hall–Kier alpha value is -2.11. The number of hydrogen-bond donors (Lipinski definition) is 1. The average Bonchev–Trinajstić information content (AvgIpc) is 3.30. The Labute approximate surface area is 159 Å². The highest BCUT2D eigenvalue weighted by Gasteiger charge is 2.35. The molecule has 2 heterocycles. The van der Waals surface area contributed by atoms with Gasteiger partial charge in [0.05, 0.1) is 18.5 Å². The Morgan fingerprint density at radius 3 is 2.69 bits per heavy atom. The molecule has 1 aromatic heterocycles. The molecule has 26 heavy (non-hydrogen) atoms. The summed E-state index contributed by atoms with van der Waals surface area (Å²) < 4.78 is 5.56. The highest BCUT2D eigenvalue weighted by atomic mass is 35.5. The number of halogens is 1. The van der Waals surface area contributed by atoms with Crippen molar-refractivity contribution in [2.24, 2.45) is 5.10 Å². The van der Waals surface area contributed by atoms with Crippen LogP contribution in [0.1, 0.15) is 51.0 Å². The molecule has 1 aliphatic rings. The third-order valence-electron chi connectivity index (χ3n) is 4.82. The Balaban J connectivity index is 1.82.